The van der Waals surface area contributed by atoms with Crippen molar-refractivity contribution in [3.8, 4) is 11.5 Å². The molecule has 0 aliphatic carbocycles. The van der Waals surface area contributed by atoms with E-state index in [2.05, 4.69) is 30.9 Å². The number of benzodiazepines with no additional fused rings is 1. The number of aromatic nitrogens is 4. The van der Waals surface area contributed by atoms with Crippen LogP contribution in [0.3, 0.4) is 0 Å². The van der Waals surface area contributed by atoms with Crippen LogP contribution < -0.4 is 15.5 Å². The van der Waals surface area contributed by atoms with Gasteiger partial charge in [0.1, 0.15) is 12.1 Å². The number of morpholine rings is 1. The van der Waals surface area contributed by atoms with Crippen LogP contribution in [0.4, 0.5) is 30.7 Å². The summed E-state index contributed by atoms with van der Waals surface area (Å²) in [6, 6.07) is 16.6. The minimum absolute atomic E-state index is 0.0537. The van der Waals surface area contributed by atoms with Crippen molar-refractivity contribution in [3.05, 3.63) is 71.9 Å². The molecule has 206 valence electrons. The van der Waals surface area contributed by atoms with Crippen molar-refractivity contribution in [2.24, 2.45) is 4.99 Å². The number of hydrogen-bond donors (Lipinski definition) is 2. The van der Waals surface area contributed by atoms with Gasteiger partial charge < -0.3 is 24.7 Å². The maximum atomic E-state index is 13.1. The number of alkyl halides is 3. The first-order valence-corrected chi connectivity index (χ1v) is 12.4. The first-order chi connectivity index (χ1) is 19.3. The number of nitrogens with one attached hydrogen (secondary N) is 2. The summed E-state index contributed by atoms with van der Waals surface area (Å²) in [6.45, 7) is 0.416. The third kappa shape index (κ3) is 5.38. The molecule has 2 aromatic carbocycles. The molecule has 2 aliphatic heterocycles. The van der Waals surface area contributed by atoms with Gasteiger partial charge in [-0.15, -0.1) is 5.10 Å². The van der Waals surface area contributed by atoms with Crippen LogP contribution in [0.2, 0.25) is 0 Å². The lowest BCUT2D eigenvalue weighted by Crippen LogP contribution is -2.37. The molecule has 2 N–H and O–H groups in total. The van der Waals surface area contributed by atoms with Gasteiger partial charge in [0, 0.05) is 30.4 Å². The largest absolute Gasteiger partial charge is 0.408 e. The zero-order valence-electron chi connectivity index (χ0n) is 20.9. The van der Waals surface area contributed by atoms with E-state index in [4.69, 9.17) is 9.15 Å². The number of rotatable bonds is 6. The van der Waals surface area contributed by atoms with Crippen LogP contribution in [0, 0.1) is 0 Å². The minimum atomic E-state index is -4.47. The number of anilines is 3. The van der Waals surface area contributed by atoms with Gasteiger partial charge in [0.2, 0.25) is 6.17 Å². The summed E-state index contributed by atoms with van der Waals surface area (Å²) in [6.07, 6.45) is -4.38. The second kappa shape index (κ2) is 10.4. The number of nitrogens with zero attached hydrogens (tertiary/aromatic N) is 6. The summed E-state index contributed by atoms with van der Waals surface area (Å²) in [7, 11) is 0. The molecular formula is C26H23F3N8O3. The number of ether oxygens (including phenoxy) is 1. The molecule has 2 aromatic heterocycles. The Kier molecular flexibility index (Phi) is 6.67. The normalized spacial score (nSPS) is 17.6. The first kappa shape index (κ1) is 25.6. The van der Waals surface area contributed by atoms with Crippen LogP contribution in [0.1, 0.15) is 11.1 Å². The molecular weight excluding hydrogens is 529 g/mol. The number of hydrogen-bond acceptors (Lipinski definition) is 9. The zero-order chi connectivity index (χ0) is 27.7. The number of benzene rings is 2. The van der Waals surface area contributed by atoms with Crippen molar-refractivity contribution in [1.82, 2.24) is 20.0 Å². The SMILES string of the molecule is O=C1Nc2ccccc2C(c2ccccc2)=N[C@H]1Nc1nnc(-c2cn(CC(F)(F)F)nc2N2CCOCC2)o1. The number of fused-ring (bicyclic) bond motifs is 1. The highest BCUT2D eigenvalue weighted by Crippen LogP contribution is 2.32. The smallest absolute Gasteiger partial charge is 0.403 e. The van der Waals surface area contributed by atoms with E-state index in [0.29, 0.717) is 37.7 Å². The van der Waals surface area contributed by atoms with Crippen molar-refractivity contribution < 1.29 is 27.1 Å². The fraction of sp³-hybridized carbons (Fsp3) is 0.269. The highest BCUT2D eigenvalue weighted by molar-refractivity contribution is 6.19. The van der Waals surface area contributed by atoms with Crippen LogP contribution in [0.25, 0.3) is 11.5 Å². The summed E-state index contributed by atoms with van der Waals surface area (Å²) >= 11 is 0. The highest BCUT2D eigenvalue weighted by Gasteiger charge is 2.32. The number of carbonyl (C=O) groups is 1. The molecule has 4 heterocycles. The zero-order valence-corrected chi connectivity index (χ0v) is 20.9. The van der Waals surface area contributed by atoms with E-state index in [1.54, 1.807) is 11.0 Å². The number of amides is 1. The lowest BCUT2D eigenvalue weighted by Gasteiger charge is -2.27. The maximum absolute atomic E-state index is 13.1. The Hall–Kier alpha value is -4.72. The Morgan fingerprint density at radius 2 is 1.75 bits per heavy atom. The topological polar surface area (TPSA) is 123 Å². The molecule has 0 spiro atoms. The summed E-state index contributed by atoms with van der Waals surface area (Å²) in [5, 5.41) is 17.9. The van der Waals surface area contributed by atoms with Crippen LogP contribution in [-0.4, -0.2) is 70.2 Å². The lowest BCUT2D eigenvalue weighted by molar-refractivity contribution is -0.142. The van der Waals surface area contributed by atoms with Gasteiger partial charge in [0.25, 0.3) is 11.8 Å². The predicted octanol–water partition coefficient (Wildman–Crippen LogP) is 3.56. The second-order valence-electron chi connectivity index (χ2n) is 9.12. The molecule has 14 heteroatoms. The summed E-state index contributed by atoms with van der Waals surface area (Å²) < 4.78 is 51.3. The lowest BCUT2D eigenvalue weighted by atomic mass is 10.0. The summed E-state index contributed by atoms with van der Waals surface area (Å²) in [5.41, 5.74) is 2.95. The maximum Gasteiger partial charge on any atom is 0.408 e. The van der Waals surface area contributed by atoms with Crippen molar-refractivity contribution >= 4 is 29.1 Å². The van der Waals surface area contributed by atoms with Crippen LogP contribution in [0.15, 0.2) is 70.2 Å². The molecule has 1 fully saturated rings. The van der Waals surface area contributed by atoms with Crippen molar-refractivity contribution in [2.75, 3.05) is 41.8 Å². The van der Waals surface area contributed by atoms with E-state index in [1.807, 2.05) is 48.5 Å². The average Bonchev–Trinajstić information content (AvgIpc) is 3.55. The van der Waals surface area contributed by atoms with E-state index in [1.165, 1.54) is 6.20 Å². The molecule has 40 heavy (non-hydrogen) atoms. The number of carbonyl (C=O) groups excluding carboxylic acids is 1. The minimum Gasteiger partial charge on any atom is -0.403 e. The van der Waals surface area contributed by atoms with E-state index >= 15 is 0 Å². The first-order valence-electron chi connectivity index (χ1n) is 12.4. The van der Waals surface area contributed by atoms with Gasteiger partial charge in [-0.3, -0.25) is 9.48 Å². The second-order valence-corrected chi connectivity index (χ2v) is 9.12. The molecule has 0 saturated carbocycles. The fourth-order valence-corrected chi connectivity index (χ4v) is 4.52. The third-order valence-corrected chi connectivity index (χ3v) is 6.30. The van der Waals surface area contributed by atoms with Crippen molar-refractivity contribution in [2.45, 2.75) is 18.9 Å². The van der Waals surface area contributed by atoms with E-state index in [-0.39, 0.29) is 23.3 Å². The monoisotopic (exact) mass is 552 g/mol. The van der Waals surface area contributed by atoms with E-state index < -0.39 is 24.8 Å². The Balaban J connectivity index is 1.32. The van der Waals surface area contributed by atoms with Gasteiger partial charge in [-0.2, -0.15) is 18.3 Å². The standard InChI is InChI=1S/C26H23F3N8O3/c27-26(28,29)15-37-14-18(22(35-37)36-10-12-39-13-11-36)24-33-34-25(40-24)32-21-23(38)30-19-9-5-4-8-17(19)20(31-21)16-6-2-1-3-7-16/h1-9,14,21H,10-13,15H2,(H,30,38)(H,32,34)/t21-/m0/s1. The van der Waals surface area contributed by atoms with Gasteiger partial charge in [0.05, 0.1) is 24.6 Å². The molecule has 0 bridgehead atoms. The van der Waals surface area contributed by atoms with Crippen LogP contribution >= 0.6 is 0 Å². The quantitative estimate of drug-likeness (QED) is 0.372. The number of para-hydroxylation sites is 1. The molecule has 1 atom stereocenters. The van der Waals surface area contributed by atoms with E-state index in [9.17, 15) is 18.0 Å². The molecule has 0 radical (unpaired) electrons. The highest BCUT2D eigenvalue weighted by atomic mass is 19.4. The fourth-order valence-electron chi connectivity index (χ4n) is 4.52. The van der Waals surface area contributed by atoms with Crippen molar-refractivity contribution in [3.63, 3.8) is 0 Å². The van der Waals surface area contributed by atoms with Gasteiger partial charge in [0.15, 0.2) is 5.82 Å². The average molecular weight is 553 g/mol. The Morgan fingerprint density at radius 3 is 2.52 bits per heavy atom. The van der Waals surface area contributed by atoms with E-state index in [0.717, 1.165) is 15.8 Å². The Bertz CT molecular complexity index is 1540. The number of aliphatic imine (C=N–C) groups is 1. The van der Waals surface area contributed by atoms with Crippen LogP contribution in [-0.2, 0) is 16.1 Å². The molecule has 11 nitrogen and oxygen atoms in total. The van der Waals surface area contributed by atoms with Gasteiger partial charge in [-0.25, -0.2) is 4.99 Å². The molecule has 1 saturated heterocycles. The predicted molar refractivity (Wildman–Crippen MR) is 139 cm³/mol. The summed E-state index contributed by atoms with van der Waals surface area (Å²) in [5.74, 6) is -0.234. The number of halogens is 3. The molecule has 1 amide bonds. The van der Waals surface area contributed by atoms with Gasteiger partial charge >= 0.3 is 12.2 Å². The van der Waals surface area contributed by atoms with Gasteiger partial charge in [-0.1, -0.05) is 53.6 Å². The third-order valence-electron chi connectivity index (χ3n) is 6.30. The Labute approximate surface area is 225 Å². The van der Waals surface area contributed by atoms with Crippen molar-refractivity contribution in [1.29, 1.82) is 0 Å². The molecule has 6 rings (SSSR count). The molecule has 2 aliphatic rings. The summed E-state index contributed by atoms with van der Waals surface area (Å²) in [4.78, 5) is 19.6. The molecule has 4 aromatic rings. The van der Waals surface area contributed by atoms with Gasteiger partial charge in [-0.05, 0) is 6.07 Å². The Morgan fingerprint density at radius 1 is 1.00 bits per heavy atom. The van der Waals surface area contributed by atoms with Crippen LogP contribution in [0.5, 0.6) is 0 Å². The molecule has 0 unspecified atom stereocenters.